The summed E-state index contributed by atoms with van der Waals surface area (Å²) in [5.41, 5.74) is -1.86. The fraction of sp³-hybridized carbons (Fsp3) is 0.786. The first kappa shape index (κ1) is 19.8. The molecular weight excluding hydrogens is 287 g/mol. The normalized spacial score (nSPS) is 13.2. The molecule has 0 bridgehead atoms. The van der Waals surface area contributed by atoms with E-state index >= 15 is 0 Å². The minimum Gasteiger partial charge on any atom is -0.463 e. The van der Waals surface area contributed by atoms with Gasteiger partial charge in [0.05, 0.1) is 12.7 Å². The summed E-state index contributed by atoms with van der Waals surface area (Å²) in [4.78, 5) is 11.3. The number of hydrogen-bond donors (Lipinski definition) is 1. The molecule has 0 aliphatic rings. The highest BCUT2D eigenvalue weighted by Crippen LogP contribution is 2.29. The van der Waals surface area contributed by atoms with Crippen LogP contribution in [-0.2, 0) is 14.3 Å². The van der Waals surface area contributed by atoms with E-state index in [9.17, 15) is 18.0 Å². The van der Waals surface area contributed by atoms with Gasteiger partial charge in [-0.15, -0.1) is 0 Å². The first-order valence-corrected chi connectivity index (χ1v) is 6.97. The van der Waals surface area contributed by atoms with Crippen LogP contribution in [0.2, 0.25) is 0 Å². The van der Waals surface area contributed by atoms with Crippen molar-refractivity contribution in [3.8, 4) is 0 Å². The number of hydrogen-bond acceptors (Lipinski definition) is 4. The smallest absolute Gasteiger partial charge is 0.431 e. The molecule has 0 atom stereocenters. The Bertz CT molecular complexity index is 350. The molecule has 21 heavy (non-hydrogen) atoms. The van der Waals surface area contributed by atoms with E-state index in [-0.39, 0.29) is 6.61 Å². The predicted octanol–water partition coefficient (Wildman–Crippen LogP) is 3.18. The van der Waals surface area contributed by atoms with Crippen molar-refractivity contribution in [3.63, 3.8) is 0 Å². The van der Waals surface area contributed by atoms with Gasteiger partial charge in [0, 0.05) is 19.3 Å². The van der Waals surface area contributed by atoms with E-state index in [0.29, 0.717) is 31.9 Å². The third kappa shape index (κ3) is 6.84. The minimum absolute atomic E-state index is 0.0246. The molecule has 0 saturated carbocycles. The molecule has 0 rings (SSSR count). The lowest BCUT2D eigenvalue weighted by atomic mass is 9.89. The van der Waals surface area contributed by atoms with Gasteiger partial charge >= 0.3 is 12.1 Å². The summed E-state index contributed by atoms with van der Waals surface area (Å²) in [6.07, 6.45) is -2.81. The predicted molar refractivity (Wildman–Crippen MR) is 73.7 cm³/mol. The van der Waals surface area contributed by atoms with Crippen molar-refractivity contribution in [2.24, 2.45) is 0 Å². The lowest BCUT2D eigenvalue weighted by Gasteiger charge is -2.35. The Morgan fingerprint density at radius 3 is 2.14 bits per heavy atom. The van der Waals surface area contributed by atoms with Crippen LogP contribution in [0.1, 0.15) is 40.0 Å². The molecule has 0 saturated heterocycles. The molecular formula is C14H24F3NO3. The van der Waals surface area contributed by atoms with Crippen LogP contribution in [0, 0.1) is 0 Å². The SMILES string of the molecule is CCOC(=O)/C=C(/NC(CC)(CC)CCOC)C(F)(F)F. The number of carbonyl (C=O) groups is 1. The van der Waals surface area contributed by atoms with E-state index in [1.54, 1.807) is 13.8 Å². The monoisotopic (exact) mass is 311 g/mol. The molecule has 0 aliphatic heterocycles. The summed E-state index contributed by atoms with van der Waals surface area (Å²) in [5.74, 6) is -1.01. The van der Waals surface area contributed by atoms with E-state index in [1.165, 1.54) is 14.0 Å². The van der Waals surface area contributed by atoms with Crippen molar-refractivity contribution < 1.29 is 27.4 Å². The lowest BCUT2D eigenvalue weighted by Crippen LogP contribution is -2.47. The fourth-order valence-corrected chi connectivity index (χ4v) is 1.92. The zero-order valence-corrected chi connectivity index (χ0v) is 13.0. The summed E-state index contributed by atoms with van der Waals surface area (Å²) in [5, 5.41) is 2.49. The third-order valence-corrected chi connectivity index (χ3v) is 3.39. The summed E-state index contributed by atoms with van der Waals surface area (Å²) < 4.78 is 48.7. The molecule has 4 nitrogen and oxygen atoms in total. The first-order chi connectivity index (χ1) is 9.74. The highest BCUT2D eigenvalue weighted by Gasteiger charge is 2.39. The van der Waals surface area contributed by atoms with Gasteiger partial charge in [0.1, 0.15) is 5.70 Å². The molecule has 0 aromatic heterocycles. The Morgan fingerprint density at radius 2 is 1.76 bits per heavy atom. The average molecular weight is 311 g/mol. The van der Waals surface area contributed by atoms with Gasteiger partial charge in [0.15, 0.2) is 0 Å². The van der Waals surface area contributed by atoms with Crippen LogP contribution in [0.3, 0.4) is 0 Å². The maximum absolute atomic E-state index is 13.1. The topological polar surface area (TPSA) is 47.6 Å². The van der Waals surface area contributed by atoms with Crippen LogP contribution in [0.25, 0.3) is 0 Å². The molecule has 0 aliphatic carbocycles. The van der Waals surface area contributed by atoms with Crippen LogP contribution in [0.5, 0.6) is 0 Å². The van der Waals surface area contributed by atoms with Crippen molar-refractivity contribution in [2.45, 2.75) is 51.7 Å². The molecule has 0 aromatic carbocycles. The summed E-state index contributed by atoms with van der Waals surface area (Å²) in [7, 11) is 1.50. The number of rotatable bonds is 9. The van der Waals surface area contributed by atoms with Gasteiger partial charge in [-0.3, -0.25) is 0 Å². The van der Waals surface area contributed by atoms with Crippen molar-refractivity contribution >= 4 is 5.97 Å². The maximum atomic E-state index is 13.1. The molecule has 0 amide bonds. The highest BCUT2D eigenvalue weighted by atomic mass is 19.4. The zero-order valence-electron chi connectivity index (χ0n) is 13.0. The molecule has 0 spiro atoms. The average Bonchev–Trinajstić information content (AvgIpc) is 2.41. The van der Waals surface area contributed by atoms with Gasteiger partial charge in [0.2, 0.25) is 0 Å². The maximum Gasteiger partial charge on any atom is 0.431 e. The van der Waals surface area contributed by atoms with Gasteiger partial charge in [-0.25, -0.2) is 4.79 Å². The zero-order chi connectivity index (χ0) is 16.5. The van der Waals surface area contributed by atoms with Gasteiger partial charge in [0.25, 0.3) is 0 Å². The van der Waals surface area contributed by atoms with Gasteiger partial charge in [-0.1, -0.05) is 13.8 Å². The van der Waals surface area contributed by atoms with E-state index in [4.69, 9.17) is 4.74 Å². The first-order valence-electron chi connectivity index (χ1n) is 6.97. The number of halogens is 3. The standard InChI is InChI=1S/C14H24F3NO3/c1-5-13(6-2,8-9-20-4)18-11(14(15,16)17)10-12(19)21-7-3/h10,18H,5-9H2,1-4H3/b11-10+. The quantitative estimate of drug-likeness (QED) is 0.525. The molecule has 1 N–H and O–H groups in total. The Labute approximate surface area is 123 Å². The number of esters is 1. The Kier molecular flexibility index (Phi) is 8.39. The van der Waals surface area contributed by atoms with Crippen LogP contribution >= 0.6 is 0 Å². The largest absolute Gasteiger partial charge is 0.463 e. The molecule has 0 unspecified atom stereocenters. The number of nitrogens with one attached hydrogen (secondary N) is 1. The molecule has 0 heterocycles. The number of carbonyl (C=O) groups excluding carboxylic acids is 1. The van der Waals surface area contributed by atoms with E-state index in [2.05, 4.69) is 10.1 Å². The van der Waals surface area contributed by atoms with E-state index in [0.717, 1.165) is 0 Å². The summed E-state index contributed by atoms with van der Waals surface area (Å²) in [6.45, 7) is 5.48. The Hall–Kier alpha value is -1.24. The van der Waals surface area contributed by atoms with Crippen LogP contribution < -0.4 is 5.32 Å². The fourth-order valence-electron chi connectivity index (χ4n) is 1.92. The van der Waals surface area contributed by atoms with Crippen LogP contribution in [0.15, 0.2) is 11.8 Å². The minimum atomic E-state index is -4.64. The Morgan fingerprint density at radius 1 is 1.19 bits per heavy atom. The second-order valence-electron chi connectivity index (χ2n) is 4.66. The summed E-state index contributed by atoms with van der Waals surface area (Å²) >= 11 is 0. The number of ether oxygens (including phenoxy) is 2. The van der Waals surface area contributed by atoms with Crippen molar-refractivity contribution in [1.29, 1.82) is 0 Å². The molecule has 124 valence electrons. The third-order valence-electron chi connectivity index (χ3n) is 3.39. The van der Waals surface area contributed by atoms with Crippen molar-refractivity contribution in [1.82, 2.24) is 5.32 Å². The molecule has 0 aromatic rings. The number of alkyl halides is 3. The van der Waals surface area contributed by atoms with Gasteiger partial charge in [-0.2, -0.15) is 13.2 Å². The molecule has 7 heteroatoms. The van der Waals surface area contributed by atoms with E-state index < -0.39 is 23.4 Å². The van der Waals surface area contributed by atoms with Gasteiger partial charge in [-0.05, 0) is 26.2 Å². The van der Waals surface area contributed by atoms with Crippen LogP contribution in [0.4, 0.5) is 13.2 Å². The van der Waals surface area contributed by atoms with Gasteiger partial charge < -0.3 is 14.8 Å². The highest BCUT2D eigenvalue weighted by molar-refractivity contribution is 5.82. The molecule has 0 radical (unpaired) electrons. The summed E-state index contributed by atoms with van der Waals surface area (Å²) in [6, 6.07) is 0. The lowest BCUT2D eigenvalue weighted by molar-refractivity contribution is -0.138. The second kappa shape index (κ2) is 8.92. The van der Waals surface area contributed by atoms with Crippen molar-refractivity contribution in [3.05, 3.63) is 11.8 Å². The number of allylic oxidation sites excluding steroid dienone is 1. The second-order valence-corrected chi connectivity index (χ2v) is 4.66. The van der Waals surface area contributed by atoms with Crippen molar-refractivity contribution in [2.75, 3.05) is 20.3 Å². The van der Waals surface area contributed by atoms with E-state index in [1.807, 2.05) is 0 Å². The number of methoxy groups -OCH3 is 1. The molecule has 0 fully saturated rings. The Balaban J connectivity index is 5.29. The van der Waals surface area contributed by atoms with Crippen LogP contribution in [-0.4, -0.2) is 38.0 Å².